The first kappa shape index (κ1) is 20.8. The van der Waals surface area contributed by atoms with Gasteiger partial charge in [0.25, 0.3) is 0 Å². The minimum absolute atomic E-state index is 0. The zero-order valence-corrected chi connectivity index (χ0v) is 15.8. The Labute approximate surface area is 162 Å². The lowest BCUT2D eigenvalue weighted by molar-refractivity contribution is 0.614. The minimum atomic E-state index is -2.51. The second-order valence-electron chi connectivity index (χ2n) is 5.75. The van der Waals surface area contributed by atoms with E-state index < -0.39 is 16.4 Å². The van der Waals surface area contributed by atoms with Crippen LogP contribution in [0.25, 0.3) is 16.8 Å². The van der Waals surface area contributed by atoms with E-state index in [-0.39, 0.29) is 36.8 Å². The van der Waals surface area contributed by atoms with Crippen LogP contribution in [0, 0.1) is 0 Å². The van der Waals surface area contributed by atoms with Crippen molar-refractivity contribution in [2.24, 2.45) is 5.73 Å². The summed E-state index contributed by atoms with van der Waals surface area (Å²) < 4.78 is 37.0. The Morgan fingerprint density at radius 2 is 1.96 bits per heavy atom. The Hall–Kier alpha value is -2.49. The topological polar surface area (TPSA) is 99.5 Å². The SMILES string of the molecule is Cl.NC/C(=C\F)Cn1nc2cc(-c3cccc(C[SH](=O)=O)c3)ccn2c1=O. The number of hydrogen-bond donors (Lipinski definition) is 2. The van der Waals surface area contributed by atoms with Crippen molar-refractivity contribution in [1.29, 1.82) is 0 Å². The van der Waals surface area contributed by atoms with Crippen LogP contribution in [0.5, 0.6) is 0 Å². The van der Waals surface area contributed by atoms with E-state index in [1.807, 2.05) is 6.07 Å². The van der Waals surface area contributed by atoms with E-state index in [4.69, 9.17) is 5.73 Å². The van der Waals surface area contributed by atoms with Gasteiger partial charge in [-0.05, 0) is 34.4 Å². The van der Waals surface area contributed by atoms with Crippen molar-refractivity contribution in [3.63, 3.8) is 0 Å². The van der Waals surface area contributed by atoms with Crippen molar-refractivity contribution < 1.29 is 12.8 Å². The number of pyridine rings is 1. The molecule has 1 aromatic carbocycles. The average molecular weight is 413 g/mol. The number of thiol groups is 1. The molecule has 2 aromatic heterocycles. The van der Waals surface area contributed by atoms with Gasteiger partial charge in [-0.2, -0.15) is 0 Å². The Kier molecular flexibility index (Phi) is 6.89. The molecule has 0 spiro atoms. The van der Waals surface area contributed by atoms with Crippen molar-refractivity contribution in [1.82, 2.24) is 14.2 Å². The standard InChI is InChI=1S/C17H17FN4O3S.ClH/c18-8-13(9-19)10-22-17(23)21-5-4-15(7-16(21)20-22)14-3-1-2-12(6-14)11-26(24)25;/h1-8,26H,9-11,19H2;1H/b13-8+;. The highest BCUT2D eigenvalue weighted by molar-refractivity contribution is 7.71. The highest BCUT2D eigenvalue weighted by atomic mass is 35.5. The molecule has 3 rings (SSSR count). The van der Waals surface area contributed by atoms with Crippen LogP contribution in [-0.2, 0) is 23.0 Å². The van der Waals surface area contributed by atoms with Crippen LogP contribution < -0.4 is 11.4 Å². The van der Waals surface area contributed by atoms with Gasteiger partial charge in [-0.1, -0.05) is 24.3 Å². The molecule has 0 saturated carbocycles. The van der Waals surface area contributed by atoms with Gasteiger partial charge in [0.1, 0.15) is 10.7 Å². The summed E-state index contributed by atoms with van der Waals surface area (Å²) in [5, 5.41) is 4.21. The number of hydrogen-bond acceptors (Lipinski definition) is 5. The van der Waals surface area contributed by atoms with Crippen LogP contribution in [-0.4, -0.2) is 29.1 Å². The van der Waals surface area contributed by atoms with E-state index in [0.29, 0.717) is 17.5 Å². The molecule has 0 radical (unpaired) electrons. The van der Waals surface area contributed by atoms with Crippen molar-refractivity contribution >= 4 is 28.8 Å². The Balaban J connectivity index is 0.00000261. The van der Waals surface area contributed by atoms with Gasteiger partial charge < -0.3 is 5.73 Å². The molecule has 7 nitrogen and oxygen atoms in total. The summed E-state index contributed by atoms with van der Waals surface area (Å²) in [4.78, 5) is 12.3. The van der Waals surface area contributed by atoms with Crippen molar-refractivity contribution in [3.05, 3.63) is 70.5 Å². The normalized spacial score (nSPS) is 11.7. The van der Waals surface area contributed by atoms with E-state index in [9.17, 15) is 17.6 Å². The second-order valence-corrected chi connectivity index (χ2v) is 6.73. The van der Waals surface area contributed by atoms with E-state index in [1.54, 1.807) is 36.5 Å². The van der Waals surface area contributed by atoms with E-state index >= 15 is 0 Å². The highest BCUT2D eigenvalue weighted by Gasteiger charge is 2.10. The first-order valence-electron chi connectivity index (χ1n) is 7.80. The van der Waals surface area contributed by atoms with Crippen LogP contribution in [0.1, 0.15) is 5.56 Å². The van der Waals surface area contributed by atoms with Crippen molar-refractivity contribution in [2.75, 3.05) is 6.54 Å². The van der Waals surface area contributed by atoms with Crippen LogP contribution in [0.3, 0.4) is 0 Å². The Bertz CT molecular complexity index is 1110. The van der Waals surface area contributed by atoms with Crippen LogP contribution in [0.15, 0.2) is 59.3 Å². The van der Waals surface area contributed by atoms with Crippen LogP contribution in [0.4, 0.5) is 4.39 Å². The molecule has 27 heavy (non-hydrogen) atoms. The number of aromatic nitrogens is 3. The smallest absolute Gasteiger partial charge is 0.327 e. The largest absolute Gasteiger partial charge is 0.350 e. The fraction of sp³-hybridized carbons (Fsp3) is 0.176. The van der Waals surface area contributed by atoms with Crippen LogP contribution >= 0.6 is 12.4 Å². The third-order valence-electron chi connectivity index (χ3n) is 3.93. The first-order chi connectivity index (χ1) is 12.5. The lowest BCUT2D eigenvalue weighted by Gasteiger charge is -2.04. The van der Waals surface area contributed by atoms with Gasteiger partial charge in [-0.15, -0.1) is 17.5 Å². The fourth-order valence-electron chi connectivity index (χ4n) is 2.63. The van der Waals surface area contributed by atoms with Gasteiger partial charge in [0, 0.05) is 12.7 Å². The predicted octanol–water partition coefficient (Wildman–Crippen LogP) is 1.51. The summed E-state index contributed by atoms with van der Waals surface area (Å²) in [5.74, 6) is -0.0308. The Morgan fingerprint density at radius 1 is 1.22 bits per heavy atom. The molecule has 2 heterocycles. The van der Waals surface area contributed by atoms with E-state index in [0.717, 1.165) is 15.8 Å². The molecule has 3 aromatic rings. The number of nitrogens with zero attached hydrogens (tertiary/aromatic N) is 3. The zero-order valence-electron chi connectivity index (χ0n) is 14.1. The summed E-state index contributed by atoms with van der Waals surface area (Å²) in [6.07, 6.45) is 1.97. The molecule has 0 bridgehead atoms. The van der Waals surface area contributed by atoms with Gasteiger partial charge in [-0.3, -0.25) is 4.40 Å². The molecule has 144 valence electrons. The average Bonchev–Trinajstić information content (AvgIpc) is 2.94. The number of nitrogens with two attached hydrogens (primary N) is 1. The molecule has 0 amide bonds. The molecular formula is C17H18ClFN4O3S. The van der Waals surface area contributed by atoms with Crippen molar-refractivity contribution in [2.45, 2.75) is 12.3 Å². The number of benzene rings is 1. The highest BCUT2D eigenvalue weighted by Crippen LogP contribution is 2.21. The van der Waals surface area contributed by atoms with Crippen LogP contribution in [0.2, 0.25) is 0 Å². The quantitative estimate of drug-likeness (QED) is 0.598. The van der Waals surface area contributed by atoms with Gasteiger partial charge in [-0.25, -0.2) is 22.3 Å². The molecule has 2 N–H and O–H groups in total. The van der Waals surface area contributed by atoms with Crippen molar-refractivity contribution in [3.8, 4) is 11.1 Å². The maximum Gasteiger partial charge on any atom is 0.350 e. The van der Waals surface area contributed by atoms with Gasteiger partial charge >= 0.3 is 5.69 Å². The molecule has 0 aliphatic carbocycles. The molecule has 0 fully saturated rings. The zero-order chi connectivity index (χ0) is 18.7. The fourth-order valence-corrected chi connectivity index (χ4v) is 3.13. The molecule has 0 aliphatic heterocycles. The number of rotatable bonds is 6. The maximum absolute atomic E-state index is 12.7. The molecule has 0 aliphatic rings. The van der Waals surface area contributed by atoms with E-state index in [2.05, 4.69) is 5.10 Å². The van der Waals surface area contributed by atoms with E-state index in [1.165, 1.54) is 4.40 Å². The van der Waals surface area contributed by atoms with Gasteiger partial charge in [0.05, 0.1) is 18.6 Å². The number of fused-ring (bicyclic) bond motifs is 1. The first-order valence-corrected chi connectivity index (χ1v) is 9.16. The second kappa shape index (κ2) is 8.94. The molecule has 0 atom stereocenters. The third kappa shape index (κ3) is 4.62. The summed E-state index contributed by atoms with van der Waals surface area (Å²) in [6.45, 7) is -0.0221. The Morgan fingerprint density at radius 3 is 2.63 bits per heavy atom. The minimum Gasteiger partial charge on any atom is -0.327 e. The van der Waals surface area contributed by atoms with Gasteiger partial charge in [0.2, 0.25) is 0 Å². The summed E-state index contributed by atoms with van der Waals surface area (Å²) in [7, 11) is -2.51. The molecular weight excluding hydrogens is 395 g/mol. The monoisotopic (exact) mass is 412 g/mol. The third-order valence-corrected chi connectivity index (χ3v) is 4.55. The van der Waals surface area contributed by atoms with Gasteiger partial charge in [0.15, 0.2) is 5.65 Å². The predicted molar refractivity (Wildman–Crippen MR) is 104 cm³/mol. The summed E-state index contributed by atoms with van der Waals surface area (Å²) >= 11 is 0. The summed E-state index contributed by atoms with van der Waals surface area (Å²) in [5.41, 5.74) is 7.98. The molecule has 0 unspecified atom stereocenters. The molecule has 10 heteroatoms. The number of halogens is 2. The molecule has 0 saturated heterocycles. The summed E-state index contributed by atoms with van der Waals surface area (Å²) in [6, 6.07) is 10.6. The maximum atomic E-state index is 12.7. The lowest BCUT2D eigenvalue weighted by Crippen LogP contribution is -2.23. The lowest BCUT2D eigenvalue weighted by atomic mass is 10.0.